The molecule has 134 valence electrons. The monoisotopic (exact) mass is 355 g/mol. The summed E-state index contributed by atoms with van der Waals surface area (Å²) < 4.78 is 0. The number of para-hydroxylation sites is 2. The fourth-order valence-corrected chi connectivity index (χ4v) is 2.92. The largest absolute Gasteiger partial charge is 0.311 e. The van der Waals surface area contributed by atoms with E-state index in [0.29, 0.717) is 0 Å². The van der Waals surface area contributed by atoms with Crippen molar-refractivity contribution in [1.82, 2.24) is 5.43 Å². The maximum absolute atomic E-state index is 11.6. The minimum atomic E-state index is 0.0159. The minimum absolute atomic E-state index is 0.0159. The molecule has 0 aliphatic heterocycles. The lowest BCUT2D eigenvalue weighted by Gasteiger charge is -2.25. The second-order valence-corrected chi connectivity index (χ2v) is 6.61. The molecule has 3 aromatic carbocycles. The maximum atomic E-state index is 11.6. The average molecular weight is 355 g/mol. The van der Waals surface area contributed by atoms with Crippen molar-refractivity contribution < 1.29 is 4.79 Å². The summed E-state index contributed by atoms with van der Waals surface area (Å²) in [6, 6.07) is 28.7. The van der Waals surface area contributed by atoms with Crippen LogP contribution in [0.5, 0.6) is 0 Å². The van der Waals surface area contributed by atoms with Crippen LogP contribution in [-0.4, -0.2) is 12.1 Å². The van der Waals surface area contributed by atoms with E-state index in [-0.39, 0.29) is 11.8 Å². The van der Waals surface area contributed by atoms with E-state index >= 15 is 0 Å². The zero-order valence-corrected chi connectivity index (χ0v) is 15.0. The molecular formula is C23H21N3O. The normalized spacial score (nSPS) is 13.5. The summed E-state index contributed by atoms with van der Waals surface area (Å²) in [5.41, 5.74) is 6.80. The number of hydrazone groups is 1. The van der Waals surface area contributed by atoms with Crippen molar-refractivity contribution in [1.29, 1.82) is 0 Å². The lowest BCUT2D eigenvalue weighted by Crippen LogP contribution is -2.18. The molecule has 0 unspecified atom stereocenters. The Labute approximate surface area is 159 Å². The number of nitrogens with zero attached hydrogens (tertiary/aromatic N) is 2. The molecule has 0 saturated heterocycles. The van der Waals surface area contributed by atoms with E-state index in [1.54, 1.807) is 6.21 Å². The Kier molecular flexibility index (Phi) is 4.97. The van der Waals surface area contributed by atoms with Crippen LogP contribution >= 0.6 is 0 Å². The van der Waals surface area contributed by atoms with Gasteiger partial charge in [0.05, 0.1) is 6.21 Å². The van der Waals surface area contributed by atoms with Crippen LogP contribution in [0.25, 0.3) is 0 Å². The SMILES string of the molecule is O=C(N/N=C\c1ccc(N(c2ccccc2)c2ccccc2)cc1)C1CC1. The summed E-state index contributed by atoms with van der Waals surface area (Å²) in [6.07, 6.45) is 3.63. The van der Waals surface area contributed by atoms with Crippen molar-refractivity contribution >= 4 is 29.2 Å². The van der Waals surface area contributed by atoms with E-state index in [9.17, 15) is 4.79 Å². The summed E-state index contributed by atoms with van der Waals surface area (Å²) in [4.78, 5) is 13.8. The average Bonchev–Trinajstić information content (AvgIpc) is 3.56. The van der Waals surface area contributed by atoms with Gasteiger partial charge in [0.1, 0.15) is 0 Å². The first-order valence-corrected chi connectivity index (χ1v) is 9.14. The Morgan fingerprint density at radius 1 is 0.815 bits per heavy atom. The van der Waals surface area contributed by atoms with Crippen LogP contribution in [0.2, 0.25) is 0 Å². The maximum Gasteiger partial charge on any atom is 0.243 e. The zero-order chi connectivity index (χ0) is 18.5. The first kappa shape index (κ1) is 17.0. The van der Waals surface area contributed by atoms with Gasteiger partial charge < -0.3 is 4.90 Å². The van der Waals surface area contributed by atoms with Gasteiger partial charge in [0.2, 0.25) is 5.91 Å². The quantitative estimate of drug-likeness (QED) is 0.499. The van der Waals surface area contributed by atoms with Crippen molar-refractivity contribution in [3.8, 4) is 0 Å². The molecule has 1 fully saturated rings. The van der Waals surface area contributed by atoms with Crippen molar-refractivity contribution in [3.63, 3.8) is 0 Å². The van der Waals surface area contributed by atoms with Gasteiger partial charge in [-0.05, 0) is 54.8 Å². The molecule has 1 amide bonds. The third-order valence-electron chi connectivity index (χ3n) is 4.52. The van der Waals surface area contributed by atoms with Gasteiger partial charge in [-0.25, -0.2) is 5.43 Å². The molecule has 1 aliphatic rings. The summed E-state index contributed by atoms with van der Waals surface area (Å²) >= 11 is 0. The first-order chi connectivity index (χ1) is 13.3. The predicted octanol–water partition coefficient (Wildman–Crippen LogP) is 5.02. The molecule has 0 bridgehead atoms. The minimum Gasteiger partial charge on any atom is -0.311 e. The molecule has 4 nitrogen and oxygen atoms in total. The van der Waals surface area contributed by atoms with Crippen LogP contribution in [0.4, 0.5) is 17.1 Å². The van der Waals surface area contributed by atoms with Crippen LogP contribution in [0.1, 0.15) is 18.4 Å². The Morgan fingerprint density at radius 2 is 1.33 bits per heavy atom. The molecular weight excluding hydrogens is 334 g/mol. The second kappa shape index (κ2) is 7.87. The molecule has 4 rings (SSSR count). The Morgan fingerprint density at radius 3 is 1.85 bits per heavy atom. The fourth-order valence-electron chi connectivity index (χ4n) is 2.92. The zero-order valence-electron chi connectivity index (χ0n) is 15.0. The number of carbonyl (C=O) groups is 1. The molecule has 1 N–H and O–H groups in total. The van der Waals surface area contributed by atoms with Crippen LogP contribution < -0.4 is 10.3 Å². The Balaban J connectivity index is 1.55. The van der Waals surface area contributed by atoms with Gasteiger partial charge in [-0.1, -0.05) is 48.5 Å². The van der Waals surface area contributed by atoms with Crippen LogP contribution in [0.3, 0.4) is 0 Å². The summed E-state index contributed by atoms with van der Waals surface area (Å²) in [7, 11) is 0. The highest BCUT2D eigenvalue weighted by atomic mass is 16.2. The topological polar surface area (TPSA) is 44.7 Å². The number of rotatable bonds is 6. The predicted molar refractivity (Wildman–Crippen MR) is 110 cm³/mol. The van der Waals surface area contributed by atoms with Crippen molar-refractivity contribution in [3.05, 3.63) is 90.5 Å². The number of hydrogen-bond donors (Lipinski definition) is 1. The highest BCUT2D eigenvalue weighted by Gasteiger charge is 2.29. The molecule has 0 heterocycles. The number of nitrogens with one attached hydrogen (secondary N) is 1. The Hall–Kier alpha value is -3.40. The van der Waals surface area contributed by atoms with Crippen LogP contribution in [-0.2, 0) is 4.79 Å². The molecule has 27 heavy (non-hydrogen) atoms. The van der Waals surface area contributed by atoms with Crippen molar-refractivity contribution in [2.24, 2.45) is 11.0 Å². The molecule has 0 atom stereocenters. The number of amides is 1. The van der Waals surface area contributed by atoms with E-state index in [0.717, 1.165) is 35.5 Å². The van der Waals surface area contributed by atoms with E-state index in [4.69, 9.17) is 0 Å². The highest BCUT2D eigenvalue weighted by molar-refractivity contribution is 5.85. The summed E-state index contributed by atoms with van der Waals surface area (Å²) in [6.45, 7) is 0. The van der Waals surface area contributed by atoms with E-state index < -0.39 is 0 Å². The molecule has 4 heteroatoms. The lowest BCUT2D eigenvalue weighted by atomic mass is 10.1. The molecule has 1 aliphatic carbocycles. The van der Waals surface area contributed by atoms with Crippen LogP contribution in [0.15, 0.2) is 90.0 Å². The van der Waals surface area contributed by atoms with Gasteiger partial charge in [0.15, 0.2) is 0 Å². The van der Waals surface area contributed by atoms with Gasteiger partial charge in [-0.2, -0.15) is 5.10 Å². The smallest absolute Gasteiger partial charge is 0.243 e. The number of carbonyl (C=O) groups excluding carboxylic acids is 1. The van der Waals surface area contributed by atoms with E-state index in [1.165, 1.54) is 0 Å². The summed E-state index contributed by atoms with van der Waals surface area (Å²) in [5.74, 6) is 0.178. The Bertz CT molecular complexity index is 877. The molecule has 0 radical (unpaired) electrons. The van der Waals surface area contributed by atoms with E-state index in [1.807, 2.05) is 48.5 Å². The van der Waals surface area contributed by atoms with Crippen molar-refractivity contribution in [2.45, 2.75) is 12.8 Å². The van der Waals surface area contributed by atoms with Gasteiger partial charge in [-0.3, -0.25) is 4.79 Å². The summed E-state index contributed by atoms with van der Waals surface area (Å²) in [5, 5.41) is 4.06. The number of hydrogen-bond acceptors (Lipinski definition) is 3. The van der Waals surface area contributed by atoms with Gasteiger partial charge >= 0.3 is 0 Å². The fraction of sp³-hybridized carbons (Fsp3) is 0.130. The second-order valence-electron chi connectivity index (χ2n) is 6.61. The van der Waals surface area contributed by atoms with Gasteiger partial charge in [-0.15, -0.1) is 0 Å². The molecule has 0 aromatic heterocycles. The third kappa shape index (κ3) is 4.23. The number of anilines is 3. The van der Waals surface area contributed by atoms with Crippen molar-refractivity contribution in [2.75, 3.05) is 4.90 Å². The van der Waals surface area contributed by atoms with Crippen LogP contribution in [0, 0.1) is 5.92 Å². The third-order valence-corrected chi connectivity index (χ3v) is 4.52. The molecule has 1 saturated carbocycles. The van der Waals surface area contributed by atoms with Gasteiger partial charge in [0.25, 0.3) is 0 Å². The first-order valence-electron chi connectivity index (χ1n) is 9.14. The highest BCUT2D eigenvalue weighted by Crippen LogP contribution is 2.33. The number of benzene rings is 3. The molecule has 3 aromatic rings. The lowest BCUT2D eigenvalue weighted by molar-refractivity contribution is -0.122. The van der Waals surface area contributed by atoms with Gasteiger partial charge in [0, 0.05) is 23.0 Å². The van der Waals surface area contributed by atoms with E-state index in [2.05, 4.69) is 51.8 Å². The standard InChI is InChI=1S/C23H21N3O/c27-23(19-13-14-19)25-24-17-18-11-15-22(16-12-18)26(20-7-3-1-4-8-20)21-9-5-2-6-10-21/h1-12,15-17,19H,13-14H2,(H,25,27)/b24-17-. The molecule has 0 spiro atoms.